The summed E-state index contributed by atoms with van der Waals surface area (Å²) in [5.41, 5.74) is 1.23. The molecule has 1 saturated heterocycles. The molecule has 0 saturated carbocycles. The van der Waals surface area contributed by atoms with Crippen LogP contribution >= 0.6 is 27.5 Å². The summed E-state index contributed by atoms with van der Waals surface area (Å²) in [6.07, 6.45) is 0.879. The van der Waals surface area contributed by atoms with Crippen LogP contribution in [-0.4, -0.2) is 22.3 Å². The van der Waals surface area contributed by atoms with Crippen molar-refractivity contribution < 1.29 is 9.13 Å². The number of hydrogen-bond donors (Lipinski definition) is 0. The number of nitrogens with zero attached hydrogens (tertiary/aromatic N) is 2. The summed E-state index contributed by atoms with van der Waals surface area (Å²) in [6, 6.07) is 3.22. The average molecular weight is 376 g/mol. The van der Waals surface area contributed by atoms with Gasteiger partial charge in [-0.3, -0.25) is 0 Å². The summed E-state index contributed by atoms with van der Waals surface area (Å²) in [4.78, 5) is 4.62. The Labute approximate surface area is 136 Å². The molecule has 0 N–H and O–H groups in total. The van der Waals surface area contributed by atoms with Gasteiger partial charge in [-0.05, 0) is 49.2 Å². The van der Waals surface area contributed by atoms with Gasteiger partial charge in [0.05, 0.1) is 32.5 Å². The van der Waals surface area contributed by atoms with E-state index in [0.717, 1.165) is 23.3 Å². The van der Waals surface area contributed by atoms with Crippen molar-refractivity contribution in [1.82, 2.24) is 9.55 Å². The molecule has 1 fully saturated rings. The number of ether oxygens (including phenoxy) is 1. The summed E-state index contributed by atoms with van der Waals surface area (Å²) >= 11 is 9.53. The van der Waals surface area contributed by atoms with E-state index in [4.69, 9.17) is 16.3 Å². The van der Waals surface area contributed by atoms with E-state index < -0.39 is 0 Å². The van der Waals surface area contributed by atoms with Gasteiger partial charge < -0.3 is 9.30 Å². The smallest absolute Gasteiger partial charge is 0.139 e. The minimum absolute atomic E-state index is 0.0239. The fourth-order valence-electron chi connectivity index (χ4n) is 3.01. The van der Waals surface area contributed by atoms with Crippen molar-refractivity contribution in [2.45, 2.75) is 44.2 Å². The fraction of sp³-hybridized carbons (Fsp3) is 0.533. The number of halogens is 3. The molecule has 114 valence electrons. The molecule has 6 heteroatoms. The Balaban J connectivity index is 2.33. The maximum Gasteiger partial charge on any atom is 0.139 e. The van der Waals surface area contributed by atoms with Crippen LogP contribution in [0.15, 0.2) is 16.6 Å². The van der Waals surface area contributed by atoms with E-state index in [2.05, 4.69) is 32.4 Å². The van der Waals surface area contributed by atoms with Gasteiger partial charge in [0.25, 0.3) is 0 Å². The molecule has 1 aromatic carbocycles. The number of benzene rings is 1. The highest BCUT2D eigenvalue weighted by Crippen LogP contribution is 2.40. The summed E-state index contributed by atoms with van der Waals surface area (Å²) in [5.74, 6) is 0.455. The first-order valence-electron chi connectivity index (χ1n) is 6.98. The van der Waals surface area contributed by atoms with Crippen LogP contribution in [0.25, 0.3) is 11.0 Å². The lowest BCUT2D eigenvalue weighted by Gasteiger charge is -2.32. The fourth-order valence-corrected chi connectivity index (χ4v) is 3.49. The first-order chi connectivity index (χ1) is 9.84. The number of imidazole rings is 1. The van der Waals surface area contributed by atoms with Gasteiger partial charge >= 0.3 is 0 Å². The first kappa shape index (κ1) is 15.3. The second kappa shape index (κ2) is 5.21. The van der Waals surface area contributed by atoms with Crippen LogP contribution in [0.3, 0.4) is 0 Å². The molecule has 3 rings (SSSR count). The molecule has 0 amide bonds. The van der Waals surface area contributed by atoms with E-state index in [1.165, 1.54) is 6.07 Å². The summed E-state index contributed by atoms with van der Waals surface area (Å²) in [5, 5.41) is -0.260. The normalized spacial score (nSPS) is 27.4. The molecule has 1 aromatic heterocycles. The summed E-state index contributed by atoms with van der Waals surface area (Å²) in [7, 11) is 0. The molecule has 0 aliphatic carbocycles. The third-order valence-electron chi connectivity index (χ3n) is 4.44. The van der Waals surface area contributed by atoms with Gasteiger partial charge in [-0.25, -0.2) is 9.37 Å². The Kier molecular flexibility index (Phi) is 3.79. The lowest BCUT2D eigenvalue weighted by atomic mass is 9.93. The van der Waals surface area contributed by atoms with Crippen LogP contribution in [0, 0.1) is 5.82 Å². The zero-order valence-corrected chi connectivity index (χ0v) is 14.5. The predicted molar refractivity (Wildman–Crippen MR) is 85.3 cm³/mol. The second-order valence-corrected chi connectivity index (χ2v) is 7.31. The zero-order chi connectivity index (χ0) is 15.4. The Morgan fingerprint density at radius 1 is 1.57 bits per heavy atom. The van der Waals surface area contributed by atoms with Crippen molar-refractivity contribution >= 4 is 38.6 Å². The minimum Gasteiger partial charge on any atom is -0.376 e. The number of fused-ring (bicyclic) bond motifs is 1. The van der Waals surface area contributed by atoms with Gasteiger partial charge in [0.2, 0.25) is 0 Å². The Hall–Kier alpha value is -0.650. The van der Waals surface area contributed by atoms with E-state index in [0.29, 0.717) is 11.1 Å². The molecular formula is C15H17BrClFN2O. The SMILES string of the molecule is CC(Cl)c1nc2cc(Br)c(F)cc2n1C1(C)CCOC1C. The third kappa shape index (κ3) is 2.30. The van der Waals surface area contributed by atoms with Crippen molar-refractivity contribution in [2.24, 2.45) is 0 Å². The standard InChI is InChI=1S/C15H17BrClFN2O/c1-8(17)14-19-12-6-10(16)11(18)7-13(12)20(14)15(3)4-5-21-9(15)2/h6-9H,4-5H2,1-3H3. The van der Waals surface area contributed by atoms with Gasteiger partial charge in [-0.2, -0.15) is 0 Å². The molecule has 3 nitrogen and oxygen atoms in total. The van der Waals surface area contributed by atoms with Crippen LogP contribution in [-0.2, 0) is 10.3 Å². The summed E-state index contributed by atoms with van der Waals surface area (Å²) in [6.45, 7) is 6.73. The van der Waals surface area contributed by atoms with Gasteiger partial charge in [0.1, 0.15) is 11.6 Å². The van der Waals surface area contributed by atoms with E-state index >= 15 is 0 Å². The van der Waals surface area contributed by atoms with Crippen molar-refractivity contribution in [3.63, 3.8) is 0 Å². The maximum absolute atomic E-state index is 14.0. The lowest BCUT2D eigenvalue weighted by molar-refractivity contribution is 0.0763. The van der Waals surface area contributed by atoms with Crippen molar-refractivity contribution in [2.75, 3.05) is 6.61 Å². The molecular weight excluding hydrogens is 359 g/mol. The maximum atomic E-state index is 14.0. The molecule has 21 heavy (non-hydrogen) atoms. The zero-order valence-electron chi connectivity index (χ0n) is 12.2. The number of aromatic nitrogens is 2. The third-order valence-corrected chi connectivity index (χ3v) is 5.24. The van der Waals surface area contributed by atoms with Crippen LogP contribution < -0.4 is 0 Å². The summed E-state index contributed by atoms with van der Waals surface area (Å²) < 4.78 is 22.2. The van der Waals surface area contributed by atoms with Gasteiger partial charge in [-0.15, -0.1) is 11.6 Å². The molecule has 0 spiro atoms. The quantitative estimate of drug-likeness (QED) is 0.708. The van der Waals surface area contributed by atoms with Crippen molar-refractivity contribution in [1.29, 1.82) is 0 Å². The number of hydrogen-bond acceptors (Lipinski definition) is 2. The molecule has 1 aliphatic heterocycles. The van der Waals surface area contributed by atoms with E-state index in [1.807, 2.05) is 13.8 Å². The highest BCUT2D eigenvalue weighted by Gasteiger charge is 2.41. The van der Waals surface area contributed by atoms with E-state index in [1.54, 1.807) is 6.07 Å². The largest absolute Gasteiger partial charge is 0.376 e. The highest BCUT2D eigenvalue weighted by molar-refractivity contribution is 9.10. The Morgan fingerprint density at radius 2 is 2.29 bits per heavy atom. The molecule has 0 radical (unpaired) electrons. The van der Waals surface area contributed by atoms with Gasteiger partial charge in [0.15, 0.2) is 0 Å². The molecule has 3 unspecified atom stereocenters. The molecule has 1 aliphatic rings. The van der Waals surface area contributed by atoms with Crippen LogP contribution in [0.4, 0.5) is 4.39 Å². The van der Waals surface area contributed by atoms with Crippen molar-refractivity contribution in [3.05, 3.63) is 28.2 Å². The van der Waals surface area contributed by atoms with E-state index in [9.17, 15) is 4.39 Å². The van der Waals surface area contributed by atoms with Crippen LogP contribution in [0.1, 0.15) is 38.4 Å². The van der Waals surface area contributed by atoms with Gasteiger partial charge in [0, 0.05) is 12.7 Å². The molecule has 0 bridgehead atoms. The first-order valence-corrected chi connectivity index (χ1v) is 8.21. The second-order valence-electron chi connectivity index (χ2n) is 5.80. The number of rotatable bonds is 2. The Bertz CT molecular complexity index is 703. The topological polar surface area (TPSA) is 27.1 Å². The van der Waals surface area contributed by atoms with Gasteiger partial charge in [-0.1, -0.05) is 0 Å². The lowest BCUT2D eigenvalue weighted by Crippen LogP contribution is -2.38. The number of alkyl halides is 1. The van der Waals surface area contributed by atoms with Crippen LogP contribution in [0.2, 0.25) is 0 Å². The van der Waals surface area contributed by atoms with E-state index in [-0.39, 0.29) is 22.8 Å². The Morgan fingerprint density at radius 3 is 2.86 bits per heavy atom. The monoisotopic (exact) mass is 374 g/mol. The van der Waals surface area contributed by atoms with Crippen molar-refractivity contribution in [3.8, 4) is 0 Å². The predicted octanol–water partition coefficient (Wildman–Crippen LogP) is 4.76. The molecule has 2 heterocycles. The minimum atomic E-state index is -0.299. The molecule has 3 atom stereocenters. The average Bonchev–Trinajstić information content (AvgIpc) is 2.93. The van der Waals surface area contributed by atoms with Crippen LogP contribution in [0.5, 0.6) is 0 Å². The molecule has 2 aromatic rings. The highest BCUT2D eigenvalue weighted by atomic mass is 79.9.